The first-order valence-electron chi connectivity index (χ1n) is 7.58. The van der Waals surface area contributed by atoms with Crippen molar-refractivity contribution in [3.05, 3.63) is 42.1 Å². The number of nitrogens with two attached hydrogens (primary N) is 1. The molecule has 1 atom stereocenters. The third kappa shape index (κ3) is 3.97. The second kappa shape index (κ2) is 6.68. The van der Waals surface area contributed by atoms with Gasteiger partial charge in [-0.15, -0.1) is 0 Å². The van der Waals surface area contributed by atoms with Crippen LogP contribution >= 0.6 is 0 Å². The van der Waals surface area contributed by atoms with E-state index < -0.39 is 18.6 Å². The van der Waals surface area contributed by atoms with Crippen LogP contribution < -0.4 is 15.2 Å². The average molecular weight is 338 g/mol. The number of aromatic nitrogens is 1. The molecule has 3 rings (SSSR count). The maximum atomic E-state index is 12.2. The number of rotatable bonds is 5. The van der Waals surface area contributed by atoms with Crippen molar-refractivity contribution < 1.29 is 22.6 Å². The molecule has 0 aliphatic carbocycles. The van der Waals surface area contributed by atoms with Gasteiger partial charge in [-0.25, -0.2) is 0 Å². The van der Waals surface area contributed by atoms with E-state index in [2.05, 4.69) is 4.98 Å². The first-order valence-corrected chi connectivity index (χ1v) is 7.58. The predicted molar refractivity (Wildman–Crippen MR) is 82.8 cm³/mol. The molecule has 1 aliphatic rings. The van der Waals surface area contributed by atoms with Crippen molar-refractivity contribution in [2.45, 2.75) is 31.7 Å². The Labute approximate surface area is 137 Å². The van der Waals surface area contributed by atoms with Gasteiger partial charge in [0.25, 0.3) is 0 Å². The minimum Gasteiger partial charge on any atom is -0.492 e. The fourth-order valence-electron chi connectivity index (χ4n) is 2.50. The lowest BCUT2D eigenvalue weighted by Gasteiger charge is -2.21. The van der Waals surface area contributed by atoms with E-state index in [4.69, 9.17) is 15.2 Å². The summed E-state index contributed by atoms with van der Waals surface area (Å²) in [7, 11) is 0. The smallest absolute Gasteiger partial charge is 0.389 e. The first kappa shape index (κ1) is 16.6. The molecule has 0 amide bonds. The largest absolute Gasteiger partial charge is 0.492 e. The number of hydrogen-bond acceptors (Lipinski definition) is 4. The van der Waals surface area contributed by atoms with Crippen LogP contribution in [0.25, 0.3) is 11.3 Å². The van der Waals surface area contributed by atoms with Crippen LogP contribution in [-0.2, 0) is 6.61 Å². The summed E-state index contributed by atoms with van der Waals surface area (Å²) in [5, 5.41) is 0. The maximum absolute atomic E-state index is 12.2. The molecule has 7 heteroatoms. The van der Waals surface area contributed by atoms with E-state index in [1.165, 1.54) is 0 Å². The zero-order valence-electron chi connectivity index (χ0n) is 12.8. The minimum atomic E-state index is -4.20. The zero-order valence-corrected chi connectivity index (χ0v) is 12.8. The summed E-state index contributed by atoms with van der Waals surface area (Å²) in [4.78, 5) is 4.36. The van der Waals surface area contributed by atoms with E-state index in [1.807, 2.05) is 18.2 Å². The Balaban J connectivity index is 1.63. The van der Waals surface area contributed by atoms with E-state index in [0.717, 1.165) is 16.8 Å². The third-order valence-corrected chi connectivity index (χ3v) is 3.75. The van der Waals surface area contributed by atoms with Gasteiger partial charge in [-0.1, -0.05) is 6.07 Å². The van der Waals surface area contributed by atoms with Crippen LogP contribution in [0.2, 0.25) is 0 Å². The molecule has 0 saturated heterocycles. The fourth-order valence-corrected chi connectivity index (χ4v) is 2.50. The minimum absolute atomic E-state index is 0.0176. The molecule has 2 heterocycles. The topological polar surface area (TPSA) is 57.4 Å². The van der Waals surface area contributed by atoms with Crippen molar-refractivity contribution >= 4 is 0 Å². The van der Waals surface area contributed by atoms with Crippen LogP contribution in [0.4, 0.5) is 13.2 Å². The monoisotopic (exact) mass is 338 g/mol. The normalized spacial score (nSPS) is 14.3. The molecule has 1 aromatic heterocycles. The predicted octanol–water partition coefficient (Wildman–Crippen LogP) is 3.69. The second-order valence-corrected chi connectivity index (χ2v) is 5.68. The van der Waals surface area contributed by atoms with Crippen molar-refractivity contribution in [1.29, 1.82) is 0 Å². The van der Waals surface area contributed by atoms with Gasteiger partial charge in [0.15, 0.2) is 0 Å². The average Bonchev–Trinajstić information content (AvgIpc) is 2.57. The standard InChI is InChI=1S/C17H17F3N2O2/c18-17(19,20)6-5-12(21)10-23-13-3-4-14-15(8-13)24-9-11-2-1-7-22-16(11)14/h1-4,7-8,12H,5-6,9-10,21H2. The number of alkyl halides is 3. The molecule has 0 fully saturated rings. The van der Waals surface area contributed by atoms with Gasteiger partial charge >= 0.3 is 6.18 Å². The molecule has 2 N–H and O–H groups in total. The maximum Gasteiger partial charge on any atom is 0.389 e. The summed E-state index contributed by atoms with van der Waals surface area (Å²) in [5.41, 5.74) is 8.40. The van der Waals surface area contributed by atoms with Gasteiger partial charge in [0.2, 0.25) is 0 Å². The lowest BCUT2D eigenvalue weighted by molar-refractivity contribution is -0.136. The summed E-state index contributed by atoms with van der Waals surface area (Å²) >= 11 is 0. The van der Waals surface area contributed by atoms with Crippen molar-refractivity contribution in [3.8, 4) is 22.8 Å². The van der Waals surface area contributed by atoms with Gasteiger partial charge < -0.3 is 15.2 Å². The molecule has 4 nitrogen and oxygen atoms in total. The Hall–Kier alpha value is -2.28. The molecule has 1 aromatic carbocycles. The molecule has 0 radical (unpaired) electrons. The van der Waals surface area contributed by atoms with Gasteiger partial charge in [0.05, 0.1) is 5.69 Å². The fraction of sp³-hybridized carbons (Fsp3) is 0.353. The van der Waals surface area contributed by atoms with Crippen LogP contribution in [0, 0.1) is 0 Å². The van der Waals surface area contributed by atoms with Gasteiger partial charge in [0, 0.05) is 35.9 Å². The first-order chi connectivity index (χ1) is 11.4. The third-order valence-electron chi connectivity index (χ3n) is 3.75. The Bertz CT molecular complexity index is 719. The van der Waals surface area contributed by atoms with Gasteiger partial charge in [0.1, 0.15) is 24.7 Å². The van der Waals surface area contributed by atoms with E-state index in [-0.39, 0.29) is 13.0 Å². The van der Waals surface area contributed by atoms with Gasteiger partial charge in [-0.05, 0) is 24.6 Å². The van der Waals surface area contributed by atoms with E-state index in [1.54, 1.807) is 18.3 Å². The van der Waals surface area contributed by atoms with Gasteiger partial charge in [-0.2, -0.15) is 13.2 Å². The Morgan fingerprint density at radius 3 is 2.92 bits per heavy atom. The van der Waals surface area contributed by atoms with Crippen LogP contribution in [0.15, 0.2) is 36.5 Å². The summed E-state index contributed by atoms with van der Waals surface area (Å²) in [6, 6.07) is 8.41. The quantitative estimate of drug-likeness (QED) is 0.903. The number of halogens is 3. The molecular weight excluding hydrogens is 321 g/mol. The molecule has 0 saturated carbocycles. The van der Waals surface area contributed by atoms with Crippen LogP contribution in [0.5, 0.6) is 11.5 Å². The van der Waals surface area contributed by atoms with Crippen molar-refractivity contribution in [2.24, 2.45) is 5.73 Å². The molecule has 2 aromatic rings. The van der Waals surface area contributed by atoms with Crippen LogP contribution in [0.1, 0.15) is 18.4 Å². The Morgan fingerprint density at radius 1 is 1.29 bits per heavy atom. The zero-order chi connectivity index (χ0) is 17.2. The highest BCUT2D eigenvalue weighted by atomic mass is 19.4. The number of pyridine rings is 1. The molecule has 1 aliphatic heterocycles. The highest BCUT2D eigenvalue weighted by Crippen LogP contribution is 2.38. The van der Waals surface area contributed by atoms with Gasteiger partial charge in [-0.3, -0.25) is 4.98 Å². The number of nitrogens with zero attached hydrogens (tertiary/aromatic N) is 1. The number of fused-ring (bicyclic) bond motifs is 3. The summed E-state index contributed by atoms with van der Waals surface area (Å²) in [5.74, 6) is 1.15. The molecular formula is C17H17F3N2O2. The molecule has 1 unspecified atom stereocenters. The number of benzene rings is 1. The SMILES string of the molecule is NC(CCC(F)(F)F)COc1ccc2c(c1)OCc1cccnc1-2. The van der Waals surface area contributed by atoms with Crippen LogP contribution in [0.3, 0.4) is 0 Å². The van der Waals surface area contributed by atoms with Crippen molar-refractivity contribution in [3.63, 3.8) is 0 Å². The second-order valence-electron chi connectivity index (χ2n) is 5.68. The Morgan fingerprint density at radius 2 is 2.12 bits per heavy atom. The summed E-state index contributed by atoms with van der Waals surface area (Å²) in [6.07, 6.45) is -3.55. The lowest BCUT2D eigenvalue weighted by Crippen LogP contribution is -2.29. The van der Waals surface area contributed by atoms with E-state index in [0.29, 0.717) is 18.1 Å². The highest BCUT2D eigenvalue weighted by molar-refractivity contribution is 5.72. The highest BCUT2D eigenvalue weighted by Gasteiger charge is 2.27. The lowest BCUT2D eigenvalue weighted by atomic mass is 10.0. The molecule has 0 bridgehead atoms. The molecule has 0 spiro atoms. The number of hydrogen-bond donors (Lipinski definition) is 1. The van der Waals surface area contributed by atoms with Crippen LogP contribution in [-0.4, -0.2) is 23.8 Å². The van der Waals surface area contributed by atoms with Crippen molar-refractivity contribution in [1.82, 2.24) is 4.98 Å². The summed E-state index contributed by atoms with van der Waals surface area (Å²) in [6.45, 7) is 0.439. The van der Waals surface area contributed by atoms with E-state index in [9.17, 15) is 13.2 Å². The summed E-state index contributed by atoms with van der Waals surface area (Å²) < 4.78 is 47.7. The van der Waals surface area contributed by atoms with E-state index >= 15 is 0 Å². The molecule has 128 valence electrons. The molecule has 24 heavy (non-hydrogen) atoms. The van der Waals surface area contributed by atoms with Crippen molar-refractivity contribution in [2.75, 3.05) is 6.61 Å². The Kier molecular flexibility index (Phi) is 4.62. The number of ether oxygens (including phenoxy) is 2.